The second-order valence-corrected chi connectivity index (χ2v) is 7.15. The van der Waals surface area contributed by atoms with Gasteiger partial charge in [-0.25, -0.2) is 4.99 Å². The smallest absolute Gasteiger partial charge is 0.316 e. The van der Waals surface area contributed by atoms with Crippen LogP contribution in [-0.2, 0) is 16.1 Å². The second kappa shape index (κ2) is 7.02. The van der Waals surface area contributed by atoms with Crippen molar-refractivity contribution in [2.75, 3.05) is 0 Å². The fourth-order valence-electron chi connectivity index (χ4n) is 3.24. The molecule has 0 aromatic heterocycles. The molecule has 5 nitrogen and oxygen atoms in total. The molecule has 1 aliphatic carbocycles. The third kappa shape index (κ3) is 3.50. The highest BCUT2D eigenvalue weighted by Gasteiger charge is 2.67. The summed E-state index contributed by atoms with van der Waals surface area (Å²) in [5.41, 5.74) is -2.30. The molecular weight excluding hydrogens is 383 g/mol. The Morgan fingerprint density at radius 3 is 2.21 bits per heavy atom. The Hall–Kier alpha value is -3.16. The van der Waals surface area contributed by atoms with E-state index < -0.39 is 29.6 Å². The molecule has 0 saturated heterocycles. The molecule has 0 radical (unpaired) electrons. The van der Waals surface area contributed by atoms with Crippen LogP contribution in [0.2, 0.25) is 0 Å². The van der Waals surface area contributed by atoms with Crippen molar-refractivity contribution in [1.82, 2.24) is 10.2 Å². The Kier molecular flexibility index (Phi) is 4.64. The summed E-state index contributed by atoms with van der Waals surface area (Å²) in [6, 6.07) is 16.9. The quantitative estimate of drug-likeness (QED) is 0.836. The fraction of sp³-hybridized carbons (Fsp3) is 0.286. The molecular formula is C21H18F3N3O2. The number of amides is 2. The molecule has 0 bridgehead atoms. The number of hydrogen-bond donors (Lipinski definition) is 1. The molecule has 2 amide bonds. The van der Waals surface area contributed by atoms with Crippen LogP contribution in [0.15, 0.2) is 65.7 Å². The molecule has 2 aromatic rings. The average molecular weight is 401 g/mol. The number of nitrogens with one attached hydrogen (secondary N) is 1. The van der Waals surface area contributed by atoms with Crippen LogP contribution in [0, 0.1) is 5.92 Å². The van der Waals surface area contributed by atoms with E-state index in [-0.39, 0.29) is 12.4 Å². The molecule has 1 heterocycles. The highest BCUT2D eigenvalue weighted by Crippen LogP contribution is 2.40. The zero-order valence-electron chi connectivity index (χ0n) is 15.3. The number of alkyl halides is 3. The SMILES string of the molecule is O=C(NC1(C(F)(F)F)N=C(c2ccccc2)N(Cc2ccccc2)C1=O)C1CC1. The van der Waals surface area contributed by atoms with E-state index in [0.29, 0.717) is 24.0 Å². The number of rotatable bonds is 5. The van der Waals surface area contributed by atoms with Gasteiger partial charge in [0.2, 0.25) is 5.91 Å². The number of carbonyl (C=O) groups is 2. The van der Waals surface area contributed by atoms with Crippen LogP contribution < -0.4 is 5.32 Å². The van der Waals surface area contributed by atoms with E-state index in [1.807, 2.05) is 5.32 Å². The molecule has 1 unspecified atom stereocenters. The number of benzene rings is 2. The van der Waals surface area contributed by atoms with Crippen molar-refractivity contribution in [2.45, 2.75) is 31.2 Å². The van der Waals surface area contributed by atoms with Crippen LogP contribution in [0.1, 0.15) is 24.0 Å². The van der Waals surface area contributed by atoms with Crippen LogP contribution in [-0.4, -0.2) is 34.4 Å². The Bertz CT molecular complexity index is 956. The van der Waals surface area contributed by atoms with E-state index in [1.165, 1.54) is 0 Å². The normalized spacial score (nSPS) is 21.8. The van der Waals surface area contributed by atoms with Gasteiger partial charge in [-0.15, -0.1) is 0 Å². The first-order valence-corrected chi connectivity index (χ1v) is 9.22. The highest BCUT2D eigenvalue weighted by atomic mass is 19.4. The number of amidine groups is 1. The zero-order chi connectivity index (χ0) is 20.6. The molecule has 4 rings (SSSR count). The first-order valence-electron chi connectivity index (χ1n) is 9.22. The van der Waals surface area contributed by atoms with E-state index >= 15 is 0 Å². The first kappa shape index (κ1) is 19.2. The summed E-state index contributed by atoms with van der Waals surface area (Å²) in [6.45, 7) is -0.0927. The standard InChI is InChI=1S/C21H18F3N3O2/c22-21(23,24)20(26-18(28)16-11-12-16)19(29)27(13-14-7-3-1-4-8-14)17(25-20)15-9-5-2-6-10-15/h1-10,16H,11-13H2,(H,26,28). The van der Waals surface area contributed by atoms with Crippen LogP contribution in [0.25, 0.3) is 0 Å². The number of aliphatic imine (C=N–C) groups is 1. The van der Waals surface area contributed by atoms with E-state index in [9.17, 15) is 22.8 Å². The first-order chi connectivity index (χ1) is 13.8. The molecule has 0 spiro atoms. The maximum atomic E-state index is 14.1. The van der Waals surface area contributed by atoms with Gasteiger partial charge in [-0.3, -0.25) is 14.5 Å². The summed E-state index contributed by atoms with van der Waals surface area (Å²) >= 11 is 0. The summed E-state index contributed by atoms with van der Waals surface area (Å²) in [4.78, 5) is 30.1. The topological polar surface area (TPSA) is 61.8 Å². The van der Waals surface area contributed by atoms with Crippen molar-refractivity contribution >= 4 is 17.6 Å². The molecule has 150 valence electrons. The Labute approximate surface area is 165 Å². The molecule has 29 heavy (non-hydrogen) atoms. The van der Waals surface area contributed by atoms with Gasteiger partial charge >= 0.3 is 11.8 Å². The van der Waals surface area contributed by atoms with E-state index in [4.69, 9.17) is 0 Å². The van der Waals surface area contributed by atoms with Crippen molar-refractivity contribution in [1.29, 1.82) is 0 Å². The van der Waals surface area contributed by atoms with Gasteiger partial charge in [0, 0.05) is 11.5 Å². The third-order valence-corrected chi connectivity index (χ3v) is 4.96. The van der Waals surface area contributed by atoms with E-state index in [1.54, 1.807) is 60.7 Å². The van der Waals surface area contributed by atoms with Gasteiger partial charge in [0.15, 0.2) is 0 Å². The van der Waals surface area contributed by atoms with Gasteiger partial charge < -0.3 is 5.32 Å². The number of halogens is 3. The zero-order valence-corrected chi connectivity index (χ0v) is 15.3. The minimum absolute atomic E-state index is 0.0927. The van der Waals surface area contributed by atoms with E-state index in [2.05, 4.69) is 4.99 Å². The van der Waals surface area contributed by atoms with Gasteiger partial charge in [-0.1, -0.05) is 60.7 Å². The molecule has 2 aliphatic rings. The van der Waals surface area contributed by atoms with Crippen molar-refractivity contribution in [3.63, 3.8) is 0 Å². The molecule has 1 atom stereocenters. The molecule has 1 saturated carbocycles. The van der Waals surface area contributed by atoms with Gasteiger partial charge in [-0.2, -0.15) is 13.2 Å². The summed E-state index contributed by atoms with van der Waals surface area (Å²) < 4.78 is 42.4. The lowest BCUT2D eigenvalue weighted by atomic mass is 10.1. The maximum absolute atomic E-state index is 14.1. The largest absolute Gasteiger partial charge is 0.442 e. The maximum Gasteiger partial charge on any atom is 0.442 e. The predicted molar refractivity (Wildman–Crippen MR) is 99.6 cm³/mol. The number of nitrogens with zero attached hydrogens (tertiary/aromatic N) is 2. The molecule has 8 heteroatoms. The van der Waals surface area contributed by atoms with Gasteiger partial charge in [0.05, 0.1) is 6.54 Å². The second-order valence-electron chi connectivity index (χ2n) is 7.15. The lowest BCUT2D eigenvalue weighted by Gasteiger charge is -2.29. The highest BCUT2D eigenvalue weighted by molar-refractivity contribution is 6.16. The van der Waals surface area contributed by atoms with Crippen molar-refractivity contribution in [2.24, 2.45) is 10.9 Å². The van der Waals surface area contributed by atoms with Crippen molar-refractivity contribution < 1.29 is 22.8 Å². The molecule has 1 fully saturated rings. The van der Waals surface area contributed by atoms with Crippen LogP contribution >= 0.6 is 0 Å². The minimum Gasteiger partial charge on any atom is -0.316 e. The van der Waals surface area contributed by atoms with Crippen LogP contribution in [0.4, 0.5) is 13.2 Å². The minimum atomic E-state index is -5.08. The lowest BCUT2D eigenvalue weighted by Crippen LogP contribution is -2.63. The van der Waals surface area contributed by atoms with Crippen molar-refractivity contribution in [3.05, 3.63) is 71.8 Å². The Balaban J connectivity index is 1.79. The number of carbonyl (C=O) groups excluding carboxylic acids is 2. The average Bonchev–Trinajstić information content (AvgIpc) is 3.51. The summed E-state index contributed by atoms with van der Waals surface area (Å²) in [5, 5.41) is 1.92. The summed E-state index contributed by atoms with van der Waals surface area (Å²) in [5.74, 6) is -2.72. The fourth-order valence-corrected chi connectivity index (χ4v) is 3.24. The molecule has 1 N–H and O–H groups in total. The Morgan fingerprint density at radius 2 is 1.66 bits per heavy atom. The number of hydrogen-bond acceptors (Lipinski definition) is 3. The van der Waals surface area contributed by atoms with Gasteiger partial charge in [0.25, 0.3) is 5.91 Å². The summed E-state index contributed by atoms with van der Waals surface area (Å²) in [6.07, 6.45) is -4.06. The van der Waals surface area contributed by atoms with Crippen LogP contribution in [0.3, 0.4) is 0 Å². The Morgan fingerprint density at radius 1 is 1.07 bits per heavy atom. The van der Waals surface area contributed by atoms with E-state index in [0.717, 1.165) is 4.90 Å². The monoisotopic (exact) mass is 401 g/mol. The predicted octanol–water partition coefficient (Wildman–Crippen LogP) is 3.26. The molecule has 1 aliphatic heterocycles. The van der Waals surface area contributed by atoms with Crippen LogP contribution in [0.5, 0.6) is 0 Å². The van der Waals surface area contributed by atoms with Gasteiger partial charge in [-0.05, 0) is 18.4 Å². The van der Waals surface area contributed by atoms with Gasteiger partial charge in [0.1, 0.15) is 5.84 Å². The third-order valence-electron chi connectivity index (χ3n) is 4.96. The lowest BCUT2D eigenvalue weighted by molar-refractivity contribution is -0.200. The summed E-state index contributed by atoms with van der Waals surface area (Å²) in [7, 11) is 0. The molecule has 2 aromatic carbocycles. The van der Waals surface area contributed by atoms with Crippen molar-refractivity contribution in [3.8, 4) is 0 Å².